The lowest BCUT2D eigenvalue weighted by Gasteiger charge is -2.31. The first-order chi connectivity index (χ1) is 11.6. The van der Waals surface area contributed by atoms with Gasteiger partial charge in [0.25, 0.3) is 5.69 Å². The number of nitrogens with one attached hydrogen (secondary N) is 1. The third kappa shape index (κ3) is 3.71. The van der Waals surface area contributed by atoms with Crippen molar-refractivity contribution < 1.29 is 9.72 Å². The van der Waals surface area contributed by atoms with Gasteiger partial charge in [-0.3, -0.25) is 19.8 Å². The number of hydrogen-bond acceptors (Lipinski definition) is 6. The molecule has 0 spiro atoms. The van der Waals surface area contributed by atoms with Crippen LogP contribution in [-0.4, -0.2) is 65.1 Å². The lowest BCUT2D eigenvalue weighted by atomic mass is 10.1. The van der Waals surface area contributed by atoms with Crippen molar-refractivity contribution in [3.8, 4) is 0 Å². The number of benzene rings is 1. The van der Waals surface area contributed by atoms with Crippen LogP contribution < -0.4 is 5.32 Å². The lowest BCUT2D eigenvalue weighted by Crippen LogP contribution is -2.46. The summed E-state index contributed by atoms with van der Waals surface area (Å²) in [6.07, 6.45) is 0. The maximum absolute atomic E-state index is 12.5. The van der Waals surface area contributed by atoms with E-state index in [9.17, 15) is 14.9 Å². The highest BCUT2D eigenvalue weighted by Gasteiger charge is 2.38. The molecule has 2 saturated heterocycles. The van der Waals surface area contributed by atoms with Crippen molar-refractivity contribution in [3.63, 3.8) is 0 Å². The Kier molecular flexibility index (Phi) is 5.37. The molecule has 3 rings (SSSR count). The minimum atomic E-state index is -0.389. The minimum absolute atomic E-state index is 0.0714. The molecule has 0 aromatic heterocycles. The second kappa shape index (κ2) is 7.50. The topological polar surface area (TPSA) is 78.7 Å². The van der Waals surface area contributed by atoms with Crippen LogP contribution in [0.5, 0.6) is 0 Å². The quantitative estimate of drug-likeness (QED) is 0.640. The first kappa shape index (κ1) is 17.2. The van der Waals surface area contributed by atoms with Crippen LogP contribution in [0, 0.1) is 10.1 Å². The van der Waals surface area contributed by atoms with Crippen LogP contribution in [0.25, 0.3) is 0 Å². The van der Waals surface area contributed by atoms with E-state index in [0.717, 1.165) is 38.3 Å². The van der Waals surface area contributed by atoms with Crippen molar-refractivity contribution in [1.29, 1.82) is 0 Å². The molecule has 0 radical (unpaired) electrons. The summed E-state index contributed by atoms with van der Waals surface area (Å²) < 4.78 is 0. The molecule has 1 amide bonds. The molecular formula is C16H22N4O3S. The second-order valence-corrected chi connectivity index (χ2v) is 7.53. The zero-order valence-corrected chi connectivity index (χ0v) is 14.5. The SMILES string of the molecule is CC1SC(c2cccc([N+](=O)[O-])c2)N(CCN2CCNCC2)C1=O. The summed E-state index contributed by atoms with van der Waals surface area (Å²) >= 11 is 1.56. The van der Waals surface area contributed by atoms with Crippen molar-refractivity contribution >= 4 is 23.4 Å². The van der Waals surface area contributed by atoms with Gasteiger partial charge in [0.15, 0.2) is 0 Å². The van der Waals surface area contributed by atoms with Gasteiger partial charge in [-0.1, -0.05) is 12.1 Å². The number of piperazine rings is 1. The molecule has 8 heteroatoms. The number of nitro groups is 1. The molecule has 2 aliphatic rings. The monoisotopic (exact) mass is 350 g/mol. The van der Waals surface area contributed by atoms with Crippen LogP contribution in [0.4, 0.5) is 5.69 Å². The number of amides is 1. The average molecular weight is 350 g/mol. The van der Waals surface area contributed by atoms with Gasteiger partial charge in [0.05, 0.1) is 10.2 Å². The molecule has 2 unspecified atom stereocenters. The highest BCUT2D eigenvalue weighted by molar-refractivity contribution is 8.01. The van der Waals surface area contributed by atoms with Gasteiger partial charge in [-0.15, -0.1) is 11.8 Å². The molecule has 0 aliphatic carbocycles. The molecule has 0 bridgehead atoms. The van der Waals surface area contributed by atoms with Crippen LogP contribution in [0.2, 0.25) is 0 Å². The zero-order chi connectivity index (χ0) is 17.1. The third-order valence-electron chi connectivity index (χ3n) is 4.48. The van der Waals surface area contributed by atoms with E-state index in [2.05, 4.69) is 10.2 Å². The van der Waals surface area contributed by atoms with Crippen LogP contribution >= 0.6 is 11.8 Å². The highest BCUT2D eigenvalue weighted by Crippen LogP contribution is 2.43. The van der Waals surface area contributed by atoms with Gasteiger partial charge in [0.2, 0.25) is 5.91 Å². The summed E-state index contributed by atoms with van der Waals surface area (Å²) in [5, 5.41) is 14.1. The number of nitro benzene ring substituents is 1. The highest BCUT2D eigenvalue weighted by atomic mass is 32.2. The largest absolute Gasteiger partial charge is 0.324 e. The summed E-state index contributed by atoms with van der Waals surface area (Å²) in [5.41, 5.74) is 0.898. The van der Waals surface area contributed by atoms with Crippen molar-refractivity contribution in [2.45, 2.75) is 17.5 Å². The molecule has 7 nitrogen and oxygen atoms in total. The Morgan fingerprint density at radius 3 is 2.79 bits per heavy atom. The zero-order valence-electron chi connectivity index (χ0n) is 13.7. The summed E-state index contributed by atoms with van der Waals surface area (Å²) in [7, 11) is 0. The fourth-order valence-corrected chi connectivity index (χ4v) is 4.43. The second-order valence-electron chi connectivity index (χ2n) is 6.11. The number of carbonyl (C=O) groups is 1. The normalized spacial score (nSPS) is 25.2. The molecule has 2 atom stereocenters. The molecule has 130 valence electrons. The van der Waals surface area contributed by atoms with E-state index >= 15 is 0 Å². The smallest absolute Gasteiger partial charge is 0.269 e. The van der Waals surface area contributed by atoms with Crippen LogP contribution in [0.3, 0.4) is 0 Å². The number of carbonyl (C=O) groups excluding carboxylic acids is 1. The molecule has 2 heterocycles. The Labute approximate surface area is 145 Å². The standard InChI is InChI=1S/C16H22N4O3S/c1-12-15(21)19(10-9-18-7-5-17-6-8-18)16(24-12)13-3-2-4-14(11-13)20(22)23/h2-4,11-12,16-17H,5-10H2,1H3. The first-order valence-corrected chi connectivity index (χ1v) is 9.14. The van der Waals surface area contributed by atoms with Gasteiger partial charge >= 0.3 is 0 Å². The van der Waals surface area contributed by atoms with E-state index in [1.165, 1.54) is 6.07 Å². The predicted octanol–water partition coefficient (Wildman–Crippen LogP) is 1.46. The van der Waals surface area contributed by atoms with Crippen LogP contribution in [-0.2, 0) is 4.79 Å². The van der Waals surface area contributed by atoms with Crippen molar-refractivity contribution in [2.24, 2.45) is 0 Å². The lowest BCUT2D eigenvalue weighted by molar-refractivity contribution is -0.384. The molecule has 1 aromatic carbocycles. The molecule has 2 fully saturated rings. The summed E-state index contributed by atoms with van der Waals surface area (Å²) in [4.78, 5) is 27.4. The van der Waals surface area contributed by atoms with Crippen molar-refractivity contribution in [2.75, 3.05) is 39.3 Å². The van der Waals surface area contributed by atoms with Gasteiger partial charge in [0.1, 0.15) is 5.37 Å². The Bertz CT molecular complexity index is 621. The van der Waals surface area contributed by atoms with Crippen LogP contribution in [0.1, 0.15) is 17.9 Å². The number of rotatable bonds is 5. The first-order valence-electron chi connectivity index (χ1n) is 8.19. The molecule has 1 aromatic rings. The van der Waals surface area contributed by atoms with Crippen molar-refractivity contribution in [1.82, 2.24) is 15.1 Å². The van der Waals surface area contributed by atoms with Gasteiger partial charge in [0, 0.05) is 51.4 Å². The van der Waals surface area contributed by atoms with E-state index < -0.39 is 0 Å². The maximum atomic E-state index is 12.5. The molecule has 1 N–H and O–H groups in total. The van der Waals surface area contributed by atoms with E-state index in [1.807, 2.05) is 17.9 Å². The number of non-ortho nitro benzene ring substituents is 1. The van der Waals surface area contributed by atoms with E-state index in [-0.39, 0.29) is 27.1 Å². The molecular weight excluding hydrogens is 328 g/mol. The molecule has 24 heavy (non-hydrogen) atoms. The Hall–Kier alpha value is -1.64. The summed E-state index contributed by atoms with van der Waals surface area (Å²) in [6, 6.07) is 6.63. The number of nitrogens with zero attached hydrogens (tertiary/aromatic N) is 3. The van der Waals surface area contributed by atoms with E-state index in [4.69, 9.17) is 0 Å². The van der Waals surface area contributed by atoms with Gasteiger partial charge in [-0.05, 0) is 12.5 Å². The molecule has 2 aliphatic heterocycles. The Morgan fingerprint density at radius 2 is 2.08 bits per heavy atom. The summed E-state index contributed by atoms with van der Waals surface area (Å²) in [6.45, 7) is 7.34. The van der Waals surface area contributed by atoms with Crippen molar-refractivity contribution in [3.05, 3.63) is 39.9 Å². The summed E-state index contributed by atoms with van der Waals surface area (Å²) in [5.74, 6) is 0.117. The number of hydrogen-bond donors (Lipinski definition) is 1. The Balaban J connectivity index is 1.73. The van der Waals surface area contributed by atoms with E-state index in [0.29, 0.717) is 6.54 Å². The van der Waals surface area contributed by atoms with E-state index in [1.54, 1.807) is 23.9 Å². The predicted molar refractivity (Wildman–Crippen MR) is 93.9 cm³/mol. The Morgan fingerprint density at radius 1 is 1.33 bits per heavy atom. The fraction of sp³-hybridized carbons (Fsp3) is 0.562. The molecule has 0 saturated carbocycles. The van der Waals surface area contributed by atoms with Gasteiger partial charge in [-0.25, -0.2) is 0 Å². The minimum Gasteiger partial charge on any atom is -0.324 e. The van der Waals surface area contributed by atoms with Crippen LogP contribution in [0.15, 0.2) is 24.3 Å². The number of thioether (sulfide) groups is 1. The maximum Gasteiger partial charge on any atom is 0.269 e. The average Bonchev–Trinajstić information content (AvgIpc) is 2.89. The third-order valence-corrected chi connectivity index (χ3v) is 5.87. The van der Waals surface area contributed by atoms with Gasteiger partial charge < -0.3 is 10.2 Å². The fourth-order valence-electron chi connectivity index (χ4n) is 3.14. The van der Waals surface area contributed by atoms with Gasteiger partial charge in [-0.2, -0.15) is 0 Å².